The van der Waals surface area contributed by atoms with E-state index in [4.69, 9.17) is 0 Å². The fourth-order valence-corrected chi connectivity index (χ4v) is 3.96. The minimum atomic E-state index is -2.66. The largest absolute Gasteiger partial charge is 0.388 e. The number of anilines is 2. The van der Waals surface area contributed by atoms with E-state index in [1.54, 1.807) is 4.68 Å². The number of nitrogens with zero attached hydrogens (tertiary/aromatic N) is 5. The first-order chi connectivity index (χ1) is 14.3. The molecule has 1 fully saturated rings. The zero-order chi connectivity index (χ0) is 21.3. The van der Waals surface area contributed by atoms with Crippen molar-refractivity contribution in [1.82, 2.24) is 25.0 Å². The predicted molar refractivity (Wildman–Crippen MR) is 109 cm³/mol. The molecule has 1 aromatic carbocycles. The molecule has 158 valence electrons. The van der Waals surface area contributed by atoms with Crippen molar-refractivity contribution in [3.8, 4) is 11.3 Å². The summed E-state index contributed by atoms with van der Waals surface area (Å²) in [5.74, 6) is 0.103. The van der Waals surface area contributed by atoms with E-state index in [2.05, 4.69) is 25.6 Å². The van der Waals surface area contributed by atoms with Crippen LogP contribution >= 0.6 is 0 Å². The number of hydrogen-bond donors (Lipinski definition) is 2. The van der Waals surface area contributed by atoms with Gasteiger partial charge in [0.05, 0.1) is 17.8 Å². The molecule has 1 aliphatic carbocycles. The Morgan fingerprint density at radius 2 is 2.10 bits per heavy atom. The van der Waals surface area contributed by atoms with Crippen molar-refractivity contribution < 1.29 is 13.9 Å². The van der Waals surface area contributed by atoms with Gasteiger partial charge in [-0.3, -0.25) is 0 Å². The van der Waals surface area contributed by atoms with Crippen molar-refractivity contribution in [2.75, 3.05) is 5.32 Å². The van der Waals surface area contributed by atoms with Gasteiger partial charge >= 0.3 is 0 Å². The van der Waals surface area contributed by atoms with Gasteiger partial charge in [-0.1, -0.05) is 18.1 Å². The van der Waals surface area contributed by atoms with Crippen LogP contribution in [0.15, 0.2) is 36.7 Å². The normalized spacial score (nSPS) is 21.7. The van der Waals surface area contributed by atoms with Crippen molar-refractivity contribution >= 4 is 11.6 Å². The van der Waals surface area contributed by atoms with E-state index in [-0.39, 0.29) is 17.7 Å². The van der Waals surface area contributed by atoms with Crippen LogP contribution in [0.1, 0.15) is 56.3 Å². The first-order valence-electron chi connectivity index (χ1n) is 9.96. The lowest BCUT2D eigenvalue weighted by atomic mass is 9.82. The van der Waals surface area contributed by atoms with E-state index in [0.29, 0.717) is 11.4 Å². The highest BCUT2D eigenvalue weighted by Crippen LogP contribution is 2.37. The highest BCUT2D eigenvalue weighted by Gasteiger charge is 2.36. The number of aromatic nitrogens is 5. The fourth-order valence-electron chi connectivity index (χ4n) is 3.96. The van der Waals surface area contributed by atoms with Gasteiger partial charge in [0, 0.05) is 17.4 Å². The van der Waals surface area contributed by atoms with Gasteiger partial charge in [0.25, 0.3) is 6.43 Å². The molecular formula is C21H24F2N6O. The van der Waals surface area contributed by atoms with Crippen LogP contribution in [0, 0.1) is 6.92 Å². The number of benzene rings is 1. The van der Waals surface area contributed by atoms with Gasteiger partial charge in [-0.15, -0.1) is 5.10 Å². The lowest BCUT2D eigenvalue weighted by molar-refractivity contribution is -0.0298. The van der Waals surface area contributed by atoms with E-state index < -0.39 is 12.0 Å². The van der Waals surface area contributed by atoms with Crippen LogP contribution in [-0.2, 0) is 0 Å². The first-order valence-corrected chi connectivity index (χ1v) is 9.96. The molecule has 2 N–H and O–H groups in total. The molecule has 4 rings (SSSR count). The second-order valence-corrected chi connectivity index (χ2v) is 8.02. The minimum absolute atomic E-state index is 0.103. The van der Waals surface area contributed by atoms with Crippen LogP contribution in [0.3, 0.4) is 0 Å². The summed E-state index contributed by atoms with van der Waals surface area (Å²) in [5.41, 5.74) is 1.97. The molecule has 0 aliphatic heterocycles. The van der Waals surface area contributed by atoms with Crippen LogP contribution in [0.25, 0.3) is 11.3 Å². The molecule has 2 atom stereocenters. The van der Waals surface area contributed by atoms with E-state index in [0.717, 1.165) is 36.8 Å². The van der Waals surface area contributed by atoms with Gasteiger partial charge in [0.1, 0.15) is 11.4 Å². The molecule has 1 saturated carbocycles. The van der Waals surface area contributed by atoms with Crippen LogP contribution < -0.4 is 5.32 Å². The molecule has 9 heteroatoms. The summed E-state index contributed by atoms with van der Waals surface area (Å²) in [6.45, 7) is 3.78. The summed E-state index contributed by atoms with van der Waals surface area (Å²) in [4.78, 5) is 7.86. The standard InChI is InChI=1S/C21H24F2N6O/c1-13-9-14(11-15(10-13)25-20-24-8-6-16(26-20)19(22)23)17-12-29(28-27-17)18-5-3-4-7-21(18,2)30/h6,8-12,18-19,30H,3-5,7H2,1-2H3,(H,24,25,26)/t18-,21-/m1/s1. The molecule has 0 amide bonds. The number of halogens is 2. The van der Waals surface area contributed by atoms with E-state index in [9.17, 15) is 13.9 Å². The predicted octanol–water partition coefficient (Wildman–Crippen LogP) is 4.59. The van der Waals surface area contributed by atoms with Crippen LogP contribution in [0.4, 0.5) is 20.4 Å². The summed E-state index contributed by atoms with van der Waals surface area (Å²) >= 11 is 0. The van der Waals surface area contributed by atoms with Gasteiger partial charge in [-0.25, -0.2) is 23.4 Å². The molecule has 0 spiro atoms. The zero-order valence-electron chi connectivity index (χ0n) is 16.9. The Morgan fingerprint density at radius 3 is 2.87 bits per heavy atom. The SMILES string of the molecule is Cc1cc(Nc2nccc(C(F)F)n2)cc(-c2cn([C@@H]3CCCC[C@@]3(C)O)nn2)c1. The smallest absolute Gasteiger partial charge is 0.280 e. The average molecular weight is 414 g/mol. The van der Waals surface area contributed by atoms with E-state index >= 15 is 0 Å². The summed E-state index contributed by atoms with van der Waals surface area (Å²) in [6.07, 6.45) is 4.14. The fraction of sp³-hybridized carbons (Fsp3) is 0.429. The van der Waals surface area contributed by atoms with Crippen molar-refractivity contribution in [3.63, 3.8) is 0 Å². The second-order valence-electron chi connectivity index (χ2n) is 8.02. The monoisotopic (exact) mass is 414 g/mol. The first kappa shape index (κ1) is 20.3. The van der Waals surface area contributed by atoms with E-state index in [1.807, 2.05) is 38.2 Å². The van der Waals surface area contributed by atoms with Crippen LogP contribution in [0.5, 0.6) is 0 Å². The lowest BCUT2D eigenvalue weighted by Crippen LogP contribution is -2.39. The van der Waals surface area contributed by atoms with E-state index in [1.165, 1.54) is 12.3 Å². The summed E-state index contributed by atoms with van der Waals surface area (Å²) in [6, 6.07) is 6.77. The maximum Gasteiger partial charge on any atom is 0.280 e. The Labute approximate surface area is 173 Å². The number of aliphatic hydroxyl groups is 1. The van der Waals surface area contributed by atoms with Crippen molar-refractivity contribution in [1.29, 1.82) is 0 Å². The van der Waals surface area contributed by atoms with Gasteiger partial charge < -0.3 is 10.4 Å². The van der Waals surface area contributed by atoms with Gasteiger partial charge in [0.15, 0.2) is 0 Å². The molecule has 0 radical (unpaired) electrons. The molecule has 2 heterocycles. The molecule has 3 aromatic rings. The molecule has 7 nitrogen and oxygen atoms in total. The Bertz CT molecular complexity index is 1040. The zero-order valence-corrected chi connectivity index (χ0v) is 16.9. The van der Waals surface area contributed by atoms with Gasteiger partial charge in [-0.2, -0.15) is 0 Å². The Hall–Kier alpha value is -2.94. The van der Waals surface area contributed by atoms with Crippen molar-refractivity contribution in [2.45, 2.75) is 57.6 Å². The summed E-state index contributed by atoms with van der Waals surface area (Å²) in [7, 11) is 0. The highest BCUT2D eigenvalue weighted by atomic mass is 19.3. The second kappa shape index (κ2) is 8.06. The molecule has 0 unspecified atom stereocenters. The molecular weight excluding hydrogens is 390 g/mol. The number of hydrogen-bond acceptors (Lipinski definition) is 6. The topological polar surface area (TPSA) is 88.8 Å². The summed E-state index contributed by atoms with van der Waals surface area (Å²) in [5, 5.41) is 22.3. The Morgan fingerprint density at radius 1 is 1.27 bits per heavy atom. The molecule has 0 bridgehead atoms. The molecule has 2 aromatic heterocycles. The molecule has 1 aliphatic rings. The molecule has 0 saturated heterocycles. The number of nitrogens with one attached hydrogen (secondary N) is 1. The Balaban J connectivity index is 1.60. The van der Waals surface area contributed by atoms with Crippen LogP contribution in [0.2, 0.25) is 0 Å². The van der Waals surface area contributed by atoms with Crippen LogP contribution in [-0.4, -0.2) is 35.7 Å². The van der Waals surface area contributed by atoms with Gasteiger partial charge in [-0.05, 0) is 56.5 Å². The third-order valence-electron chi connectivity index (χ3n) is 5.49. The maximum absolute atomic E-state index is 12.9. The Kier molecular flexibility index (Phi) is 5.46. The minimum Gasteiger partial charge on any atom is -0.388 e. The number of alkyl halides is 2. The number of aryl methyl sites for hydroxylation is 1. The lowest BCUT2D eigenvalue weighted by Gasteiger charge is -2.36. The average Bonchev–Trinajstić information content (AvgIpc) is 3.17. The summed E-state index contributed by atoms with van der Waals surface area (Å²) < 4.78 is 27.5. The van der Waals surface area contributed by atoms with Gasteiger partial charge in [0.2, 0.25) is 5.95 Å². The highest BCUT2D eigenvalue weighted by molar-refractivity contribution is 5.68. The third kappa shape index (κ3) is 4.30. The number of rotatable bonds is 5. The van der Waals surface area contributed by atoms with Crippen molar-refractivity contribution in [2.24, 2.45) is 0 Å². The van der Waals surface area contributed by atoms with Crippen molar-refractivity contribution in [3.05, 3.63) is 47.9 Å². The third-order valence-corrected chi connectivity index (χ3v) is 5.49. The maximum atomic E-state index is 12.9. The molecule has 30 heavy (non-hydrogen) atoms. The quantitative estimate of drug-likeness (QED) is 0.635.